The molecule has 2 N–H and O–H groups in total. The van der Waals surface area contributed by atoms with Crippen molar-refractivity contribution < 1.29 is 4.79 Å². The Bertz CT molecular complexity index is 1080. The molecule has 2 aromatic heterocycles. The van der Waals surface area contributed by atoms with E-state index in [0.29, 0.717) is 15.6 Å². The number of aromatic amines is 1. The molecule has 124 valence electrons. The van der Waals surface area contributed by atoms with Gasteiger partial charge >= 0.3 is 0 Å². The van der Waals surface area contributed by atoms with Crippen LogP contribution in [0.1, 0.15) is 15.4 Å². The average Bonchev–Trinajstić information content (AvgIpc) is 3.21. The molecule has 0 aliphatic carbocycles. The Morgan fingerprint density at radius 3 is 2.88 bits per heavy atom. The summed E-state index contributed by atoms with van der Waals surface area (Å²) < 4.78 is 0. The Labute approximate surface area is 153 Å². The van der Waals surface area contributed by atoms with Gasteiger partial charge in [0.1, 0.15) is 9.88 Å². The van der Waals surface area contributed by atoms with Crippen LogP contribution in [0.15, 0.2) is 54.7 Å². The first kappa shape index (κ1) is 15.9. The van der Waals surface area contributed by atoms with Crippen molar-refractivity contribution in [3.63, 3.8) is 0 Å². The molecular weight excluding hydrogens is 354 g/mol. The van der Waals surface area contributed by atoms with E-state index in [1.165, 1.54) is 11.3 Å². The zero-order valence-corrected chi connectivity index (χ0v) is 14.9. The van der Waals surface area contributed by atoms with Crippen molar-refractivity contribution >= 4 is 45.4 Å². The van der Waals surface area contributed by atoms with E-state index in [0.717, 1.165) is 27.2 Å². The molecule has 0 spiro atoms. The first-order valence-electron chi connectivity index (χ1n) is 7.72. The van der Waals surface area contributed by atoms with Crippen molar-refractivity contribution in [1.29, 1.82) is 0 Å². The standard InChI is InChI=1S/C19H14ClN3OS/c1-11-17(25-19(22-11)14-4-2-3-5-15(14)20)18(24)23-13-6-7-16-12(10-13)8-9-21-16/h2-10,21H,1H3,(H,23,24). The molecule has 0 unspecified atom stereocenters. The predicted molar refractivity (Wildman–Crippen MR) is 104 cm³/mol. The molecule has 0 fully saturated rings. The number of hydrogen-bond acceptors (Lipinski definition) is 3. The van der Waals surface area contributed by atoms with Gasteiger partial charge < -0.3 is 10.3 Å². The largest absolute Gasteiger partial charge is 0.361 e. The topological polar surface area (TPSA) is 57.8 Å². The normalized spacial score (nSPS) is 11.0. The number of carbonyl (C=O) groups is 1. The Kier molecular flexibility index (Phi) is 4.03. The number of hydrogen-bond donors (Lipinski definition) is 2. The van der Waals surface area contributed by atoms with Crippen LogP contribution in [0, 0.1) is 6.92 Å². The summed E-state index contributed by atoms with van der Waals surface area (Å²) in [6, 6.07) is 15.2. The summed E-state index contributed by atoms with van der Waals surface area (Å²) in [5.74, 6) is -0.164. The molecule has 0 bridgehead atoms. The number of carbonyl (C=O) groups excluding carboxylic acids is 1. The van der Waals surface area contributed by atoms with Crippen LogP contribution in [-0.2, 0) is 0 Å². The summed E-state index contributed by atoms with van der Waals surface area (Å²) in [4.78, 5) is 20.9. The second-order valence-corrected chi connectivity index (χ2v) is 7.05. The van der Waals surface area contributed by atoms with Crippen molar-refractivity contribution in [3.8, 4) is 10.6 Å². The first-order chi connectivity index (χ1) is 12.1. The highest BCUT2D eigenvalue weighted by molar-refractivity contribution is 7.17. The monoisotopic (exact) mass is 367 g/mol. The highest BCUT2D eigenvalue weighted by atomic mass is 35.5. The van der Waals surface area contributed by atoms with Gasteiger partial charge in [-0.05, 0) is 37.3 Å². The van der Waals surface area contributed by atoms with Gasteiger partial charge in [-0.25, -0.2) is 4.98 Å². The van der Waals surface area contributed by atoms with Gasteiger partial charge in [-0.1, -0.05) is 29.8 Å². The van der Waals surface area contributed by atoms with Gasteiger partial charge in [0.2, 0.25) is 0 Å². The highest BCUT2D eigenvalue weighted by Gasteiger charge is 2.17. The third-order valence-corrected chi connectivity index (χ3v) is 5.44. The van der Waals surface area contributed by atoms with Crippen LogP contribution < -0.4 is 5.32 Å². The molecule has 0 saturated carbocycles. The average molecular weight is 368 g/mol. The van der Waals surface area contributed by atoms with Crippen LogP contribution in [0.5, 0.6) is 0 Å². The molecule has 4 nitrogen and oxygen atoms in total. The molecule has 0 saturated heterocycles. The van der Waals surface area contributed by atoms with Crippen LogP contribution >= 0.6 is 22.9 Å². The Balaban J connectivity index is 1.63. The van der Waals surface area contributed by atoms with Gasteiger partial charge in [0.05, 0.1) is 10.7 Å². The Morgan fingerprint density at radius 1 is 1.20 bits per heavy atom. The number of aryl methyl sites for hydroxylation is 1. The lowest BCUT2D eigenvalue weighted by Gasteiger charge is -2.04. The molecule has 25 heavy (non-hydrogen) atoms. The number of H-pyrrole nitrogens is 1. The molecule has 4 rings (SSSR count). The molecule has 0 atom stereocenters. The predicted octanol–water partition coefficient (Wildman–Crippen LogP) is 5.51. The van der Waals surface area contributed by atoms with Crippen molar-refractivity contribution in [3.05, 3.63) is 70.3 Å². The number of halogens is 1. The van der Waals surface area contributed by atoms with Gasteiger partial charge in [0.15, 0.2) is 0 Å². The van der Waals surface area contributed by atoms with Crippen molar-refractivity contribution in [2.45, 2.75) is 6.92 Å². The third-order valence-electron chi connectivity index (χ3n) is 3.92. The number of benzene rings is 2. The number of thiazole rings is 1. The minimum absolute atomic E-state index is 0.164. The number of nitrogens with zero attached hydrogens (tertiary/aromatic N) is 1. The Hall–Kier alpha value is -2.63. The van der Waals surface area contributed by atoms with Crippen molar-refractivity contribution in [1.82, 2.24) is 9.97 Å². The zero-order chi connectivity index (χ0) is 17.4. The maximum absolute atomic E-state index is 12.7. The van der Waals surface area contributed by atoms with Gasteiger partial charge in [0, 0.05) is 28.4 Å². The molecular formula is C19H14ClN3OS. The van der Waals surface area contributed by atoms with E-state index in [1.807, 2.05) is 61.7 Å². The summed E-state index contributed by atoms with van der Waals surface area (Å²) in [5, 5.41) is 5.37. The molecule has 2 heterocycles. The summed E-state index contributed by atoms with van der Waals surface area (Å²) in [6.07, 6.45) is 1.87. The fraction of sp³-hybridized carbons (Fsp3) is 0.0526. The zero-order valence-electron chi connectivity index (χ0n) is 13.3. The summed E-state index contributed by atoms with van der Waals surface area (Å²) >= 11 is 7.58. The van der Waals surface area contributed by atoms with Gasteiger partial charge in [0.25, 0.3) is 5.91 Å². The minimum atomic E-state index is -0.164. The quantitative estimate of drug-likeness (QED) is 0.502. The molecule has 0 aliphatic rings. The van der Waals surface area contributed by atoms with E-state index in [9.17, 15) is 4.79 Å². The van der Waals surface area contributed by atoms with E-state index in [1.54, 1.807) is 0 Å². The number of anilines is 1. The van der Waals surface area contributed by atoms with Crippen LogP contribution in [0.25, 0.3) is 21.5 Å². The van der Waals surface area contributed by atoms with Crippen molar-refractivity contribution in [2.24, 2.45) is 0 Å². The second-order valence-electron chi connectivity index (χ2n) is 5.65. The van der Waals surface area contributed by atoms with Crippen molar-refractivity contribution in [2.75, 3.05) is 5.32 Å². The maximum Gasteiger partial charge on any atom is 0.267 e. The summed E-state index contributed by atoms with van der Waals surface area (Å²) in [6.45, 7) is 1.83. The summed E-state index contributed by atoms with van der Waals surface area (Å²) in [7, 11) is 0. The number of rotatable bonds is 3. The molecule has 4 aromatic rings. The van der Waals surface area contributed by atoms with E-state index in [2.05, 4.69) is 15.3 Å². The van der Waals surface area contributed by atoms with E-state index in [-0.39, 0.29) is 5.91 Å². The molecule has 1 amide bonds. The molecule has 2 aromatic carbocycles. The number of nitrogens with one attached hydrogen (secondary N) is 2. The number of amides is 1. The second kappa shape index (κ2) is 6.35. The number of fused-ring (bicyclic) bond motifs is 1. The van der Waals surface area contributed by atoms with E-state index < -0.39 is 0 Å². The third kappa shape index (κ3) is 3.04. The Morgan fingerprint density at radius 2 is 2.04 bits per heavy atom. The SMILES string of the molecule is Cc1nc(-c2ccccc2Cl)sc1C(=O)Nc1ccc2[nH]ccc2c1. The smallest absolute Gasteiger partial charge is 0.267 e. The van der Waals surface area contributed by atoms with E-state index >= 15 is 0 Å². The molecule has 6 heteroatoms. The van der Waals surface area contributed by atoms with Gasteiger partial charge in [-0.3, -0.25) is 4.79 Å². The van der Waals surface area contributed by atoms with Crippen LogP contribution in [0.2, 0.25) is 5.02 Å². The van der Waals surface area contributed by atoms with Crippen LogP contribution in [0.3, 0.4) is 0 Å². The number of aromatic nitrogens is 2. The molecule has 0 aliphatic heterocycles. The fourth-order valence-corrected chi connectivity index (χ4v) is 3.96. The lowest BCUT2D eigenvalue weighted by Crippen LogP contribution is -2.11. The molecule has 0 radical (unpaired) electrons. The van der Waals surface area contributed by atoms with Crippen LogP contribution in [0.4, 0.5) is 5.69 Å². The first-order valence-corrected chi connectivity index (χ1v) is 8.92. The van der Waals surface area contributed by atoms with Gasteiger partial charge in [-0.15, -0.1) is 11.3 Å². The van der Waals surface area contributed by atoms with E-state index in [4.69, 9.17) is 11.6 Å². The highest BCUT2D eigenvalue weighted by Crippen LogP contribution is 2.33. The lowest BCUT2D eigenvalue weighted by molar-refractivity contribution is 0.103. The summed E-state index contributed by atoms with van der Waals surface area (Å²) in [5.41, 5.74) is 3.32. The fourth-order valence-electron chi connectivity index (χ4n) is 2.68. The lowest BCUT2D eigenvalue weighted by atomic mass is 10.2. The van der Waals surface area contributed by atoms with Crippen LogP contribution in [-0.4, -0.2) is 15.9 Å². The minimum Gasteiger partial charge on any atom is -0.361 e. The van der Waals surface area contributed by atoms with Gasteiger partial charge in [-0.2, -0.15) is 0 Å². The maximum atomic E-state index is 12.7.